The van der Waals surface area contributed by atoms with E-state index in [0.717, 1.165) is 5.56 Å². The van der Waals surface area contributed by atoms with Gasteiger partial charge in [0, 0.05) is 24.3 Å². The number of rotatable bonds is 6. The lowest BCUT2D eigenvalue weighted by molar-refractivity contribution is -0.128. The lowest BCUT2D eigenvalue weighted by atomic mass is 10.0. The predicted molar refractivity (Wildman–Crippen MR) is 115 cm³/mol. The number of hydrogen-bond acceptors (Lipinski definition) is 5. The summed E-state index contributed by atoms with van der Waals surface area (Å²) in [5, 5.41) is 5.36. The van der Waals surface area contributed by atoms with Crippen molar-refractivity contribution >= 4 is 27.3 Å². The van der Waals surface area contributed by atoms with Gasteiger partial charge in [0.1, 0.15) is 6.04 Å². The van der Waals surface area contributed by atoms with E-state index in [1.54, 1.807) is 24.3 Å². The van der Waals surface area contributed by atoms with Crippen molar-refractivity contribution in [2.75, 3.05) is 36.5 Å². The van der Waals surface area contributed by atoms with Gasteiger partial charge < -0.3 is 10.6 Å². The van der Waals surface area contributed by atoms with Gasteiger partial charge in [0.15, 0.2) is 9.84 Å². The van der Waals surface area contributed by atoms with Crippen LogP contribution >= 0.6 is 0 Å². The number of sulfone groups is 1. The second kappa shape index (κ2) is 9.57. The third-order valence-corrected chi connectivity index (χ3v) is 6.45. The average molecular weight is 426 g/mol. The Balaban J connectivity index is 1.66. The van der Waals surface area contributed by atoms with Gasteiger partial charge in [0.05, 0.1) is 18.1 Å². The molecule has 2 amide bonds. The number of anilines is 1. The molecule has 1 aliphatic rings. The van der Waals surface area contributed by atoms with Crippen molar-refractivity contribution in [2.45, 2.75) is 6.04 Å². The largest absolute Gasteiger partial charge is 0.345 e. The van der Waals surface area contributed by atoms with Crippen molar-refractivity contribution in [3.63, 3.8) is 0 Å². The highest BCUT2D eigenvalue weighted by molar-refractivity contribution is 7.91. The van der Waals surface area contributed by atoms with Gasteiger partial charge in [-0.3, -0.25) is 14.5 Å². The van der Waals surface area contributed by atoms with Crippen molar-refractivity contribution in [3.05, 3.63) is 65.7 Å². The fourth-order valence-electron chi connectivity index (χ4n) is 3.30. The number of hydrogen-bond donors (Lipinski definition) is 2. The molecule has 2 aromatic carbocycles. The highest BCUT2D eigenvalue weighted by Crippen LogP contribution is 2.23. The molecule has 0 bridgehead atoms. The maximum absolute atomic E-state index is 13.0. The summed E-state index contributed by atoms with van der Waals surface area (Å²) in [7, 11) is -3.07. The third kappa shape index (κ3) is 5.69. The van der Waals surface area contributed by atoms with E-state index in [2.05, 4.69) is 16.6 Å². The normalized spacial score (nSPS) is 16.8. The van der Waals surface area contributed by atoms with E-state index in [1.165, 1.54) is 0 Å². The molecule has 2 aromatic rings. The van der Waals surface area contributed by atoms with E-state index in [-0.39, 0.29) is 43.0 Å². The molecular formula is C22H23N3O4S. The van der Waals surface area contributed by atoms with Gasteiger partial charge in [-0.05, 0) is 23.8 Å². The van der Waals surface area contributed by atoms with Crippen LogP contribution in [0, 0.1) is 12.3 Å². The highest BCUT2D eigenvalue weighted by atomic mass is 32.2. The first-order valence-electron chi connectivity index (χ1n) is 9.51. The van der Waals surface area contributed by atoms with Crippen LogP contribution < -0.4 is 10.6 Å². The Bertz CT molecular complexity index is 1050. The summed E-state index contributed by atoms with van der Waals surface area (Å²) in [5.41, 5.74) is 1.93. The first-order chi connectivity index (χ1) is 14.4. The number of nitrogens with zero attached hydrogens (tertiary/aromatic N) is 1. The highest BCUT2D eigenvalue weighted by Gasteiger charge is 2.32. The molecule has 1 atom stereocenters. The second-order valence-corrected chi connectivity index (χ2v) is 9.30. The molecule has 0 radical (unpaired) electrons. The lowest BCUT2D eigenvalue weighted by Gasteiger charge is -2.33. The smallest absolute Gasteiger partial charge is 0.243 e. The Morgan fingerprint density at radius 1 is 1.07 bits per heavy atom. The molecule has 156 valence electrons. The van der Waals surface area contributed by atoms with Gasteiger partial charge in [-0.2, -0.15) is 0 Å². The molecule has 30 heavy (non-hydrogen) atoms. The van der Waals surface area contributed by atoms with E-state index in [9.17, 15) is 18.0 Å². The van der Waals surface area contributed by atoms with E-state index in [1.807, 2.05) is 35.2 Å². The number of benzene rings is 2. The SMILES string of the molecule is C#Cc1cccc(NC(=O)CNC(=O)C(c2ccccc2)N2CCS(=O)(=O)CC2)c1. The molecule has 0 saturated carbocycles. The number of carbonyl (C=O) groups excluding carboxylic acids is 2. The minimum absolute atomic E-state index is 0.00954. The summed E-state index contributed by atoms with van der Waals surface area (Å²) in [4.78, 5) is 27.1. The average Bonchev–Trinajstić information content (AvgIpc) is 2.74. The van der Waals surface area contributed by atoms with Crippen molar-refractivity contribution < 1.29 is 18.0 Å². The molecule has 1 heterocycles. The zero-order chi connectivity index (χ0) is 21.6. The molecule has 1 aliphatic heterocycles. The van der Waals surface area contributed by atoms with Crippen LogP contribution in [-0.4, -0.2) is 56.3 Å². The molecule has 0 spiro atoms. The molecule has 8 heteroatoms. The monoisotopic (exact) mass is 425 g/mol. The maximum Gasteiger partial charge on any atom is 0.243 e. The quantitative estimate of drug-likeness (QED) is 0.678. The summed E-state index contributed by atoms with van der Waals surface area (Å²) < 4.78 is 23.5. The minimum Gasteiger partial charge on any atom is -0.345 e. The van der Waals surface area contributed by atoms with E-state index in [4.69, 9.17) is 6.42 Å². The molecule has 0 aliphatic carbocycles. The Morgan fingerprint density at radius 3 is 2.43 bits per heavy atom. The number of nitrogens with one attached hydrogen (secondary N) is 2. The topological polar surface area (TPSA) is 95.6 Å². The molecule has 3 rings (SSSR count). The van der Waals surface area contributed by atoms with Crippen molar-refractivity contribution in [1.82, 2.24) is 10.2 Å². The third-order valence-electron chi connectivity index (χ3n) is 4.84. The van der Waals surface area contributed by atoms with Crippen LogP contribution in [0.4, 0.5) is 5.69 Å². The standard InChI is InChI=1S/C22H23N3O4S/c1-2-17-7-6-10-19(15-17)24-20(26)16-23-22(27)21(18-8-4-3-5-9-18)25-11-13-30(28,29)14-12-25/h1,3-10,15,21H,11-14,16H2,(H,23,27)(H,24,26). The molecule has 1 fully saturated rings. The van der Waals surface area contributed by atoms with Crippen LogP contribution in [0.5, 0.6) is 0 Å². The van der Waals surface area contributed by atoms with Gasteiger partial charge in [0.25, 0.3) is 0 Å². The summed E-state index contributed by atoms with van der Waals surface area (Å²) >= 11 is 0. The Kier molecular flexibility index (Phi) is 6.87. The Hall–Kier alpha value is -3.15. The Morgan fingerprint density at radius 2 is 1.77 bits per heavy atom. The zero-order valence-corrected chi connectivity index (χ0v) is 17.2. The van der Waals surface area contributed by atoms with Crippen LogP contribution in [0.25, 0.3) is 0 Å². The summed E-state index contributed by atoms with van der Waals surface area (Å²) in [6, 6.07) is 15.3. The summed E-state index contributed by atoms with van der Waals surface area (Å²) in [6.07, 6.45) is 5.36. The molecule has 7 nitrogen and oxygen atoms in total. The van der Waals surface area contributed by atoms with Crippen LogP contribution in [-0.2, 0) is 19.4 Å². The van der Waals surface area contributed by atoms with Crippen molar-refractivity contribution in [3.8, 4) is 12.3 Å². The molecular weight excluding hydrogens is 402 g/mol. The number of carbonyl (C=O) groups is 2. The van der Waals surface area contributed by atoms with Gasteiger partial charge in [-0.1, -0.05) is 42.3 Å². The fourth-order valence-corrected chi connectivity index (χ4v) is 4.53. The zero-order valence-electron chi connectivity index (χ0n) is 16.4. The van der Waals surface area contributed by atoms with E-state index >= 15 is 0 Å². The Labute approximate surface area is 176 Å². The number of terminal acetylenes is 1. The maximum atomic E-state index is 13.0. The number of amides is 2. The van der Waals surface area contributed by atoms with Crippen molar-refractivity contribution in [2.24, 2.45) is 0 Å². The molecule has 1 saturated heterocycles. The van der Waals surface area contributed by atoms with E-state index in [0.29, 0.717) is 11.3 Å². The second-order valence-electron chi connectivity index (χ2n) is 6.99. The summed E-state index contributed by atoms with van der Waals surface area (Å²) in [5.74, 6) is 1.78. The first kappa shape index (κ1) is 21.6. The van der Waals surface area contributed by atoms with Crippen LogP contribution in [0.1, 0.15) is 17.2 Å². The minimum atomic E-state index is -3.07. The lowest BCUT2D eigenvalue weighted by Crippen LogP contribution is -2.48. The first-order valence-corrected chi connectivity index (χ1v) is 11.3. The summed E-state index contributed by atoms with van der Waals surface area (Å²) in [6.45, 7) is 0.315. The van der Waals surface area contributed by atoms with Gasteiger partial charge in [-0.25, -0.2) is 8.42 Å². The molecule has 2 N–H and O–H groups in total. The van der Waals surface area contributed by atoms with Gasteiger partial charge in [-0.15, -0.1) is 6.42 Å². The fraction of sp³-hybridized carbons (Fsp3) is 0.273. The van der Waals surface area contributed by atoms with E-state index < -0.39 is 15.9 Å². The van der Waals surface area contributed by atoms with Gasteiger partial charge in [0.2, 0.25) is 11.8 Å². The molecule has 1 unspecified atom stereocenters. The molecule has 0 aromatic heterocycles. The van der Waals surface area contributed by atoms with Crippen LogP contribution in [0.3, 0.4) is 0 Å². The van der Waals surface area contributed by atoms with Crippen LogP contribution in [0.2, 0.25) is 0 Å². The van der Waals surface area contributed by atoms with Gasteiger partial charge >= 0.3 is 0 Å². The van der Waals surface area contributed by atoms with Crippen LogP contribution in [0.15, 0.2) is 54.6 Å². The predicted octanol–water partition coefficient (Wildman–Crippen LogP) is 1.19. The van der Waals surface area contributed by atoms with Crippen molar-refractivity contribution in [1.29, 1.82) is 0 Å².